The lowest BCUT2D eigenvalue weighted by Crippen LogP contribution is -2.22. The van der Waals surface area contributed by atoms with E-state index in [0.717, 1.165) is 22.0 Å². The number of carbonyl (C=O) groups excluding carboxylic acids is 1. The second-order valence-electron chi connectivity index (χ2n) is 4.98. The number of carbonyl (C=O) groups is 1. The van der Waals surface area contributed by atoms with Crippen LogP contribution in [0.5, 0.6) is 0 Å². The predicted molar refractivity (Wildman–Crippen MR) is 80.3 cm³/mol. The number of benzene rings is 1. The molecular formula is C17H10N3O2-. The third kappa shape index (κ3) is 1.91. The van der Waals surface area contributed by atoms with Crippen LogP contribution in [0.1, 0.15) is 10.5 Å². The molecule has 0 unspecified atom stereocenters. The summed E-state index contributed by atoms with van der Waals surface area (Å²) in [6.07, 6.45) is 3.57. The minimum Gasteiger partial charge on any atom is -0.543 e. The minimum atomic E-state index is -1.28. The summed E-state index contributed by atoms with van der Waals surface area (Å²) in [5.41, 5.74) is 3.52. The zero-order valence-corrected chi connectivity index (χ0v) is 11.4. The molecule has 0 aliphatic rings. The Hall–Kier alpha value is -3.21. The summed E-state index contributed by atoms with van der Waals surface area (Å²) in [5.74, 6) is -1.28. The zero-order chi connectivity index (χ0) is 15.1. The summed E-state index contributed by atoms with van der Waals surface area (Å²) in [7, 11) is 0. The van der Waals surface area contributed by atoms with E-state index in [1.807, 2.05) is 48.7 Å². The number of carboxylic acids is 1. The monoisotopic (exact) mass is 288 g/mol. The molecule has 4 aromatic rings. The van der Waals surface area contributed by atoms with Gasteiger partial charge in [-0.15, -0.1) is 0 Å². The third-order valence-electron chi connectivity index (χ3n) is 3.63. The van der Waals surface area contributed by atoms with Gasteiger partial charge >= 0.3 is 0 Å². The molecule has 0 saturated heterocycles. The average molecular weight is 288 g/mol. The van der Waals surface area contributed by atoms with Crippen molar-refractivity contribution in [3.05, 3.63) is 66.6 Å². The number of fused-ring (bicyclic) bond motifs is 2. The second kappa shape index (κ2) is 4.66. The number of rotatable bonds is 2. The lowest BCUT2D eigenvalue weighted by atomic mass is 10.0. The molecule has 0 aliphatic carbocycles. The number of hydrogen-bond acceptors (Lipinski definition) is 4. The quantitative estimate of drug-likeness (QED) is 0.565. The van der Waals surface area contributed by atoms with E-state index in [0.29, 0.717) is 5.52 Å². The van der Waals surface area contributed by atoms with Gasteiger partial charge in [0.25, 0.3) is 0 Å². The molecule has 5 heteroatoms. The first-order chi connectivity index (χ1) is 10.7. The van der Waals surface area contributed by atoms with Crippen LogP contribution in [0.4, 0.5) is 0 Å². The number of nitrogens with zero attached hydrogens (tertiary/aromatic N) is 3. The summed E-state index contributed by atoms with van der Waals surface area (Å²) in [6.45, 7) is 0. The highest BCUT2D eigenvalue weighted by molar-refractivity contribution is 5.94. The van der Waals surface area contributed by atoms with E-state index in [4.69, 9.17) is 0 Å². The van der Waals surface area contributed by atoms with Crippen molar-refractivity contribution in [3.63, 3.8) is 0 Å². The number of para-hydroxylation sites is 1. The van der Waals surface area contributed by atoms with Crippen LogP contribution in [0.15, 0.2) is 60.9 Å². The summed E-state index contributed by atoms with van der Waals surface area (Å²) in [4.78, 5) is 15.3. The molecular weight excluding hydrogens is 278 g/mol. The third-order valence-corrected chi connectivity index (χ3v) is 3.63. The molecule has 22 heavy (non-hydrogen) atoms. The molecule has 4 rings (SSSR count). The standard InChI is InChI=1S/C17H11N3O2/c21-17(22)16-9-12-6-5-11(10-20(12)19-16)13-7-8-18-15-4-2-1-3-14(13)15/h1-10H,(H,21,22)/p-1. The first-order valence-corrected chi connectivity index (χ1v) is 6.77. The van der Waals surface area contributed by atoms with Gasteiger partial charge in [-0.3, -0.25) is 4.98 Å². The van der Waals surface area contributed by atoms with Gasteiger partial charge < -0.3 is 9.90 Å². The molecule has 0 bridgehead atoms. The van der Waals surface area contributed by atoms with E-state index in [1.165, 1.54) is 6.07 Å². The number of carboxylic acid groups (broad SMARTS) is 1. The van der Waals surface area contributed by atoms with Gasteiger partial charge in [-0.2, -0.15) is 5.10 Å². The van der Waals surface area contributed by atoms with Crippen LogP contribution in [0.3, 0.4) is 0 Å². The van der Waals surface area contributed by atoms with Gasteiger partial charge in [0, 0.05) is 23.3 Å². The summed E-state index contributed by atoms with van der Waals surface area (Å²) in [6, 6.07) is 15.1. The first-order valence-electron chi connectivity index (χ1n) is 6.77. The van der Waals surface area contributed by atoms with Crippen LogP contribution in [-0.2, 0) is 0 Å². The highest BCUT2D eigenvalue weighted by atomic mass is 16.4. The number of aromatic nitrogens is 3. The molecule has 0 radical (unpaired) electrons. The van der Waals surface area contributed by atoms with Gasteiger partial charge in [-0.1, -0.05) is 24.3 Å². The van der Waals surface area contributed by atoms with Crippen molar-refractivity contribution in [2.45, 2.75) is 0 Å². The van der Waals surface area contributed by atoms with Crippen molar-refractivity contribution in [1.82, 2.24) is 14.6 Å². The van der Waals surface area contributed by atoms with E-state index in [9.17, 15) is 9.90 Å². The fraction of sp³-hybridized carbons (Fsp3) is 0. The SMILES string of the molecule is O=C([O-])c1cc2ccc(-c3ccnc4ccccc34)cn2n1. The van der Waals surface area contributed by atoms with Gasteiger partial charge in [0.1, 0.15) is 5.69 Å². The smallest absolute Gasteiger partial charge is 0.109 e. The van der Waals surface area contributed by atoms with Crippen molar-refractivity contribution in [2.24, 2.45) is 0 Å². The first kappa shape index (κ1) is 12.5. The van der Waals surface area contributed by atoms with E-state index in [-0.39, 0.29) is 5.69 Å². The molecule has 0 aliphatic heterocycles. The summed E-state index contributed by atoms with van der Waals surface area (Å²) >= 11 is 0. The lowest BCUT2D eigenvalue weighted by Gasteiger charge is -2.06. The zero-order valence-electron chi connectivity index (χ0n) is 11.4. The Morgan fingerprint density at radius 2 is 1.95 bits per heavy atom. The van der Waals surface area contributed by atoms with Crippen molar-refractivity contribution < 1.29 is 9.90 Å². The van der Waals surface area contributed by atoms with Crippen molar-refractivity contribution >= 4 is 22.4 Å². The molecule has 0 spiro atoms. The number of hydrogen-bond donors (Lipinski definition) is 0. The van der Waals surface area contributed by atoms with Crippen LogP contribution in [-0.4, -0.2) is 20.6 Å². The van der Waals surface area contributed by atoms with Crippen LogP contribution in [0.2, 0.25) is 0 Å². The van der Waals surface area contributed by atoms with Gasteiger partial charge in [-0.05, 0) is 29.8 Å². The fourth-order valence-corrected chi connectivity index (χ4v) is 2.59. The fourth-order valence-electron chi connectivity index (χ4n) is 2.59. The molecule has 0 fully saturated rings. The molecule has 0 amide bonds. The van der Waals surface area contributed by atoms with Crippen molar-refractivity contribution in [1.29, 1.82) is 0 Å². The topological polar surface area (TPSA) is 70.3 Å². The number of aromatic carboxylic acids is 1. The Bertz CT molecular complexity index is 1020. The number of pyridine rings is 2. The molecule has 3 heterocycles. The van der Waals surface area contributed by atoms with E-state index in [1.54, 1.807) is 10.7 Å². The molecule has 0 atom stereocenters. The van der Waals surface area contributed by atoms with E-state index >= 15 is 0 Å². The molecule has 106 valence electrons. The Labute approximate surface area is 125 Å². The van der Waals surface area contributed by atoms with E-state index in [2.05, 4.69) is 10.1 Å². The van der Waals surface area contributed by atoms with Gasteiger partial charge in [0.15, 0.2) is 0 Å². The lowest BCUT2D eigenvalue weighted by molar-refractivity contribution is -0.255. The predicted octanol–water partition coefficient (Wildman–Crippen LogP) is 1.91. The molecule has 0 N–H and O–H groups in total. The average Bonchev–Trinajstić information content (AvgIpc) is 2.98. The summed E-state index contributed by atoms with van der Waals surface area (Å²) < 4.78 is 1.55. The molecule has 1 aromatic carbocycles. The highest BCUT2D eigenvalue weighted by Gasteiger charge is 2.07. The van der Waals surface area contributed by atoms with Gasteiger partial charge in [0.05, 0.1) is 17.0 Å². The molecule has 5 nitrogen and oxygen atoms in total. The minimum absolute atomic E-state index is 0.0725. The van der Waals surface area contributed by atoms with Crippen molar-refractivity contribution in [3.8, 4) is 11.1 Å². The van der Waals surface area contributed by atoms with Crippen LogP contribution < -0.4 is 5.11 Å². The Morgan fingerprint density at radius 1 is 1.09 bits per heavy atom. The van der Waals surface area contributed by atoms with E-state index < -0.39 is 5.97 Å². The molecule has 0 saturated carbocycles. The maximum atomic E-state index is 10.9. The normalized spacial score (nSPS) is 11.1. The summed E-state index contributed by atoms with van der Waals surface area (Å²) in [5, 5.41) is 16.0. The van der Waals surface area contributed by atoms with Crippen LogP contribution in [0, 0.1) is 0 Å². The van der Waals surface area contributed by atoms with Crippen LogP contribution in [0.25, 0.3) is 27.5 Å². The van der Waals surface area contributed by atoms with Crippen LogP contribution >= 0.6 is 0 Å². The Balaban J connectivity index is 1.94. The highest BCUT2D eigenvalue weighted by Crippen LogP contribution is 2.27. The Morgan fingerprint density at radius 3 is 2.82 bits per heavy atom. The van der Waals surface area contributed by atoms with Gasteiger partial charge in [0.2, 0.25) is 0 Å². The van der Waals surface area contributed by atoms with Crippen molar-refractivity contribution in [2.75, 3.05) is 0 Å². The maximum Gasteiger partial charge on any atom is 0.109 e. The Kier molecular flexibility index (Phi) is 2.66. The second-order valence-corrected chi connectivity index (χ2v) is 4.98. The maximum absolute atomic E-state index is 10.9. The van der Waals surface area contributed by atoms with Gasteiger partial charge in [-0.25, -0.2) is 4.52 Å². The molecule has 3 aromatic heterocycles. The largest absolute Gasteiger partial charge is 0.543 e.